The average Bonchev–Trinajstić information content (AvgIpc) is 2.96. The summed E-state index contributed by atoms with van der Waals surface area (Å²) in [6.07, 6.45) is 1.55. The maximum Gasteiger partial charge on any atom is 0.319 e. The quantitative estimate of drug-likeness (QED) is 0.745. The van der Waals surface area contributed by atoms with Gasteiger partial charge in [-0.25, -0.2) is 9.78 Å². The minimum absolute atomic E-state index is 0.0493. The maximum absolute atomic E-state index is 12.1. The highest BCUT2D eigenvalue weighted by molar-refractivity contribution is 7.16. The van der Waals surface area contributed by atoms with Crippen molar-refractivity contribution in [2.75, 3.05) is 18.4 Å². The van der Waals surface area contributed by atoms with Crippen LogP contribution in [-0.4, -0.2) is 52.2 Å². The monoisotopic (exact) mass is 348 g/mol. The van der Waals surface area contributed by atoms with E-state index in [-0.39, 0.29) is 24.7 Å². The fourth-order valence-corrected chi connectivity index (χ4v) is 3.62. The molecule has 0 saturated heterocycles. The van der Waals surface area contributed by atoms with E-state index in [1.165, 1.54) is 0 Å². The predicted octanol–water partition coefficient (Wildman–Crippen LogP) is 2.36. The molecule has 3 rings (SSSR count). The number of carboxylic acids is 1. The summed E-state index contributed by atoms with van der Waals surface area (Å²) in [6, 6.07) is 5.71. The number of aliphatic carboxylic acids is 1. The zero-order chi connectivity index (χ0) is 17.1. The lowest BCUT2D eigenvalue weighted by Gasteiger charge is -2.42. The minimum atomic E-state index is -0.816. The molecular formula is C16H20N4O3S. The second kappa shape index (κ2) is 7.14. The number of carbonyl (C=O) groups excluding carboxylic acids is 1. The summed E-state index contributed by atoms with van der Waals surface area (Å²) in [4.78, 5) is 29.0. The third-order valence-electron chi connectivity index (χ3n) is 4.30. The Balaban J connectivity index is 1.47. The first kappa shape index (κ1) is 16.7. The molecule has 1 aliphatic carbocycles. The molecule has 8 heteroatoms. The van der Waals surface area contributed by atoms with Crippen molar-refractivity contribution in [1.29, 1.82) is 0 Å². The molecule has 7 nitrogen and oxygen atoms in total. The Bertz CT molecular complexity index is 742. The van der Waals surface area contributed by atoms with E-state index in [9.17, 15) is 9.59 Å². The molecule has 0 unspecified atom stereocenters. The molecule has 0 spiro atoms. The fourth-order valence-electron chi connectivity index (χ4n) is 2.96. The predicted molar refractivity (Wildman–Crippen MR) is 93.5 cm³/mol. The normalized spacial score (nSPS) is 19.9. The number of benzene rings is 1. The van der Waals surface area contributed by atoms with E-state index in [0.717, 1.165) is 23.1 Å². The molecule has 0 aliphatic heterocycles. The van der Waals surface area contributed by atoms with Gasteiger partial charge in [0.1, 0.15) is 0 Å². The zero-order valence-corrected chi connectivity index (χ0v) is 14.2. The first-order chi connectivity index (χ1) is 11.5. The van der Waals surface area contributed by atoms with Gasteiger partial charge in [-0.3, -0.25) is 9.69 Å². The van der Waals surface area contributed by atoms with Gasteiger partial charge < -0.3 is 15.7 Å². The molecule has 1 fully saturated rings. The van der Waals surface area contributed by atoms with Crippen LogP contribution in [0.1, 0.15) is 19.8 Å². The van der Waals surface area contributed by atoms with Crippen molar-refractivity contribution in [3.63, 3.8) is 0 Å². The third-order valence-corrected chi connectivity index (χ3v) is 5.11. The van der Waals surface area contributed by atoms with Gasteiger partial charge in [-0.15, -0.1) is 11.3 Å². The molecule has 1 aromatic heterocycles. The van der Waals surface area contributed by atoms with Crippen molar-refractivity contribution in [3.05, 3.63) is 23.7 Å². The van der Waals surface area contributed by atoms with Gasteiger partial charge in [-0.2, -0.15) is 0 Å². The number of amides is 2. The van der Waals surface area contributed by atoms with Gasteiger partial charge in [0, 0.05) is 17.8 Å². The number of likely N-dealkylation sites (N-methyl/N-ethyl adjacent to an activating group) is 1. The fraction of sp³-hybridized carbons (Fsp3) is 0.438. The molecule has 24 heavy (non-hydrogen) atoms. The number of carbonyl (C=O) groups is 2. The summed E-state index contributed by atoms with van der Waals surface area (Å²) in [6.45, 7) is 2.70. The molecule has 0 bridgehead atoms. The van der Waals surface area contributed by atoms with E-state index in [2.05, 4.69) is 15.6 Å². The van der Waals surface area contributed by atoms with Crippen molar-refractivity contribution in [1.82, 2.24) is 15.2 Å². The number of nitrogens with one attached hydrogen (secondary N) is 2. The van der Waals surface area contributed by atoms with E-state index < -0.39 is 5.97 Å². The molecule has 2 amide bonds. The highest BCUT2D eigenvalue weighted by Crippen LogP contribution is 2.26. The number of thiazole rings is 1. The van der Waals surface area contributed by atoms with Crippen molar-refractivity contribution >= 4 is 39.2 Å². The molecule has 1 heterocycles. The van der Waals surface area contributed by atoms with Crippen LogP contribution in [0.5, 0.6) is 0 Å². The average molecular weight is 348 g/mol. The molecule has 2 aromatic rings. The Hall–Kier alpha value is -2.19. The first-order valence-electron chi connectivity index (χ1n) is 7.91. The van der Waals surface area contributed by atoms with Gasteiger partial charge in [-0.05, 0) is 37.6 Å². The molecule has 0 radical (unpaired) electrons. The van der Waals surface area contributed by atoms with Gasteiger partial charge in [-0.1, -0.05) is 6.92 Å². The number of hydrogen-bond acceptors (Lipinski definition) is 5. The van der Waals surface area contributed by atoms with Crippen LogP contribution in [0.2, 0.25) is 0 Å². The summed E-state index contributed by atoms with van der Waals surface area (Å²) < 4.78 is 1.08. The minimum Gasteiger partial charge on any atom is -0.480 e. The number of nitrogens with zero attached hydrogens (tertiary/aromatic N) is 2. The largest absolute Gasteiger partial charge is 0.480 e. The third kappa shape index (κ3) is 3.82. The van der Waals surface area contributed by atoms with Crippen LogP contribution in [0.4, 0.5) is 10.5 Å². The Kier molecular flexibility index (Phi) is 4.96. The Morgan fingerprint density at radius 1 is 1.42 bits per heavy atom. The number of aromatic nitrogens is 1. The van der Waals surface area contributed by atoms with Crippen LogP contribution < -0.4 is 10.6 Å². The van der Waals surface area contributed by atoms with Crippen LogP contribution >= 0.6 is 11.3 Å². The smallest absolute Gasteiger partial charge is 0.319 e. The lowest BCUT2D eigenvalue weighted by atomic mass is 9.85. The number of hydrogen-bond donors (Lipinski definition) is 3. The highest BCUT2D eigenvalue weighted by atomic mass is 32.1. The summed E-state index contributed by atoms with van der Waals surface area (Å²) in [5, 5.41) is 14.6. The topological polar surface area (TPSA) is 94.6 Å². The Labute approximate surface area is 143 Å². The van der Waals surface area contributed by atoms with Crippen LogP contribution in [0, 0.1) is 0 Å². The van der Waals surface area contributed by atoms with Crippen molar-refractivity contribution in [2.45, 2.75) is 31.8 Å². The van der Waals surface area contributed by atoms with E-state index in [0.29, 0.717) is 12.2 Å². The molecule has 0 atom stereocenters. The lowest BCUT2D eigenvalue weighted by Crippen LogP contribution is -2.55. The van der Waals surface area contributed by atoms with Crippen molar-refractivity contribution in [2.24, 2.45) is 0 Å². The highest BCUT2D eigenvalue weighted by Gasteiger charge is 2.34. The second-order valence-electron chi connectivity index (χ2n) is 5.91. The molecule has 1 aromatic carbocycles. The number of carboxylic acid groups (broad SMARTS) is 1. The van der Waals surface area contributed by atoms with E-state index >= 15 is 0 Å². The molecule has 3 N–H and O–H groups in total. The summed E-state index contributed by atoms with van der Waals surface area (Å²) in [7, 11) is 0. The van der Waals surface area contributed by atoms with Gasteiger partial charge in [0.05, 0.1) is 22.3 Å². The summed E-state index contributed by atoms with van der Waals surface area (Å²) in [5.41, 5.74) is 3.36. The van der Waals surface area contributed by atoms with Crippen LogP contribution in [0.15, 0.2) is 23.7 Å². The number of anilines is 1. The lowest BCUT2D eigenvalue weighted by molar-refractivity contribution is -0.139. The first-order valence-corrected chi connectivity index (χ1v) is 8.79. The summed E-state index contributed by atoms with van der Waals surface area (Å²) in [5.74, 6) is -0.816. The molecule has 1 saturated carbocycles. The van der Waals surface area contributed by atoms with Crippen molar-refractivity contribution in [3.8, 4) is 0 Å². The second-order valence-corrected chi connectivity index (χ2v) is 6.80. The Morgan fingerprint density at radius 3 is 2.92 bits per heavy atom. The van der Waals surface area contributed by atoms with Gasteiger partial charge in [0.25, 0.3) is 0 Å². The number of rotatable bonds is 6. The van der Waals surface area contributed by atoms with Gasteiger partial charge in [0.15, 0.2) is 0 Å². The zero-order valence-electron chi connectivity index (χ0n) is 13.4. The summed E-state index contributed by atoms with van der Waals surface area (Å²) >= 11 is 1.56. The van der Waals surface area contributed by atoms with Gasteiger partial charge in [0.2, 0.25) is 0 Å². The van der Waals surface area contributed by atoms with E-state index in [1.54, 1.807) is 16.8 Å². The SMILES string of the molecule is CCN(CC(=O)O)C1CC(NC(=O)Nc2ccc3scnc3c2)C1. The molecule has 1 aliphatic rings. The van der Waals surface area contributed by atoms with Crippen LogP contribution in [-0.2, 0) is 4.79 Å². The Morgan fingerprint density at radius 2 is 2.21 bits per heavy atom. The number of fused-ring (bicyclic) bond motifs is 1. The van der Waals surface area contributed by atoms with Crippen LogP contribution in [0.3, 0.4) is 0 Å². The van der Waals surface area contributed by atoms with E-state index in [1.807, 2.05) is 30.0 Å². The number of urea groups is 1. The van der Waals surface area contributed by atoms with E-state index in [4.69, 9.17) is 5.11 Å². The van der Waals surface area contributed by atoms with Crippen LogP contribution in [0.25, 0.3) is 10.2 Å². The van der Waals surface area contributed by atoms with Gasteiger partial charge >= 0.3 is 12.0 Å². The standard InChI is InChI=1S/C16H20N4O3S/c1-2-20(8-15(21)22)12-5-11(6-12)19-16(23)18-10-3-4-14-13(7-10)17-9-24-14/h3-4,7,9,11-12H,2,5-6,8H2,1H3,(H,21,22)(H2,18,19,23). The van der Waals surface area contributed by atoms with Crippen molar-refractivity contribution < 1.29 is 14.7 Å². The molecular weight excluding hydrogens is 328 g/mol. The molecule has 128 valence electrons. The maximum atomic E-state index is 12.1.